The average molecular weight is 373 g/mol. The Labute approximate surface area is 159 Å². The number of anilines is 1. The summed E-state index contributed by atoms with van der Waals surface area (Å²) in [6.45, 7) is 5.09. The standard InChI is InChI=1S/C20H27N3O4/c1-5-6-7-17(25)23-18(13(2)3)20(27)21-14(4)19(26)22-16-10-8-15(12-24)9-11-16/h1,8-11,13-14,18,24H,6-7,12H2,2-4H3,(H,21,27)(H,22,26)(H,23,25)/t14-,18-/m0/s1. The van der Waals surface area contributed by atoms with Gasteiger partial charge in [-0.1, -0.05) is 26.0 Å². The molecule has 0 aliphatic carbocycles. The summed E-state index contributed by atoms with van der Waals surface area (Å²) in [5.41, 5.74) is 1.29. The highest BCUT2D eigenvalue weighted by atomic mass is 16.3. The number of nitrogens with one attached hydrogen (secondary N) is 3. The molecular formula is C20H27N3O4. The molecule has 0 aliphatic heterocycles. The van der Waals surface area contributed by atoms with E-state index in [0.717, 1.165) is 5.56 Å². The molecule has 0 aliphatic rings. The van der Waals surface area contributed by atoms with E-state index in [1.54, 1.807) is 45.0 Å². The SMILES string of the molecule is C#CCCC(=O)N[C@H](C(=O)N[C@@H](C)C(=O)Nc1ccc(CO)cc1)C(C)C. The monoisotopic (exact) mass is 373 g/mol. The normalized spacial score (nSPS) is 12.6. The second kappa shape index (κ2) is 11.0. The fraction of sp³-hybridized carbons (Fsp3) is 0.450. The number of rotatable bonds is 9. The molecule has 0 aromatic heterocycles. The molecule has 0 heterocycles. The fourth-order valence-electron chi connectivity index (χ4n) is 2.28. The van der Waals surface area contributed by atoms with Gasteiger partial charge in [0.05, 0.1) is 6.61 Å². The number of terminal acetylenes is 1. The summed E-state index contributed by atoms with van der Waals surface area (Å²) in [7, 11) is 0. The minimum absolute atomic E-state index is 0.0790. The highest BCUT2D eigenvalue weighted by Gasteiger charge is 2.26. The third-order valence-corrected chi connectivity index (χ3v) is 3.92. The molecule has 2 atom stereocenters. The van der Waals surface area contributed by atoms with Gasteiger partial charge in [-0.25, -0.2) is 0 Å². The number of carbonyl (C=O) groups excluding carboxylic acids is 3. The number of carbonyl (C=O) groups is 3. The predicted molar refractivity (Wildman–Crippen MR) is 103 cm³/mol. The Bertz CT molecular complexity index is 692. The molecule has 0 radical (unpaired) electrons. The maximum absolute atomic E-state index is 12.5. The van der Waals surface area contributed by atoms with E-state index in [1.165, 1.54) is 0 Å². The van der Waals surface area contributed by atoms with Crippen molar-refractivity contribution < 1.29 is 19.5 Å². The Balaban J connectivity index is 2.63. The van der Waals surface area contributed by atoms with E-state index < -0.39 is 18.0 Å². The van der Waals surface area contributed by atoms with Crippen molar-refractivity contribution >= 4 is 23.4 Å². The lowest BCUT2D eigenvalue weighted by Gasteiger charge is -2.23. The molecule has 0 unspecified atom stereocenters. The first-order chi connectivity index (χ1) is 12.8. The van der Waals surface area contributed by atoms with Gasteiger partial charge in [0.15, 0.2) is 0 Å². The van der Waals surface area contributed by atoms with Crippen molar-refractivity contribution in [3.63, 3.8) is 0 Å². The molecule has 146 valence electrons. The molecule has 0 bridgehead atoms. The maximum atomic E-state index is 12.5. The first-order valence-corrected chi connectivity index (χ1v) is 8.82. The van der Waals surface area contributed by atoms with Crippen molar-refractivity contribution in [2.45, 2.75) is 52.3 Å². The van der Waals surface area contributed by atoms with Crippen LogP contribution in [0.25, 0.3) is 0 Å². The van der Waals surface area contributed by atoms with Crippen LogP contribution >= 0.6 is 0 Å². The summed E-state index contributed by atoms with van der Waals surface area (Å²) in [5, 5.41) is 17.0. The Morgan fingerprint density at radius 1 is 1.07 bits per heavy atom. The lowest BCUT2D eigenvalue weighted by Crippen LogP contribution is -2.53. The van der Waals surface area contributed by atoms with Crippen molar-refractivity contribution in [1.29, 1.82) is 0 Å². The molecule has 1 rings (SSSR count). The highest BCUT2D eigenvalue weighted by molar-refractivity contribution is 5.98. The van der Waals surface area contributed by atoms with Crippen molar-refractivity contribution in [3.8, 4) is 12.3 Å². The number of hydrogen-bond donors (Lipinski definition) is 4. The van der Waals surface area contributed by atoms with Crippen LogP contribution in [0.4, 0.5) is 5.69 Å². The molecule has 0 saturated carbocycles. The van der Waals surface area contributed by atoms with E-state index in [-0.39, 0.29) is 30.8 Å². The number of benzene rings is 1. The van der Waals surface area contributed by atoms with Crippen molar-refractivity contribution in [3.05, 3.63) is 29.8 Å². The second-order valence-electron chi connectivity index (χ2n) is 6.57. The zero-order valence-electron chi connectivity index (χ0n) is 15.9. The molecule has 7 nitrogen and oxygen atoms in total. The first kappa shape index (κ1) is 22.2. The van der Waals surface area contributed by atoms with Crippen LogP contribution in [0.5, 0.6) is 0 Å². The number of aliphatic hydroxyl groups is 1. The van der Waals surface area contributed by atoms with Gasteiger partial charge in [0.1, 0.15) is 12.1 Å². The van der Waals surface area contributed by atoms with Crippen LogP contribution in [0.1, 0.15) is 39.2 Å². The largest absolute Gasteiger partial charge is 0.392 e. The Morgan fingerprint density at radius 3 is 2.22 bits per heavy atom. The van der Waals surface area contributed by atoms with E-state index >= 15 is 0 Å². The summed E-state index contributed by atoms with van der Waals surface area (Å²) in [6.07, 6.45) is 5.58. The molecule has 27 heavy (non-hydrogen) atoms. The van der Waals surface area contributed by atoms with Gasteiger partial charge in [-0.05, 0) is 30.5 Å². The summed E-state index contributed by atoms with van der Waals surface area (Å²) in [4.78, 5) is 36.6. The molecule has 0 saturated heterocycles. The summed E-state index contributed by atoms with van der Waals surface area (Å²) >= 11 is 0. The molecule has 0 spiro atoms. The number of aliphatic hydroxyl groups excluding tert-OH is 1. The number of amides is 3. The van der Waals surface area contributed by atoms with Gasteiger partial charge in [0.2, 0.25) is 17.7 Å². The third-order valence-electron chi connectivity index (χ3n) is 3.92. The van der Waals surface area contributed by atoms with Crippen LogP contribution in [-0.2, 0) is 21.0 Å². The fourth-order valence-corrected chi connectivity index (χ4v) is 2.28. The first-order valence-electron chi connectivity index (χ1n) is 8.82. The summed E-state index contributed by atoms with van der Waals surface area (Å²) < 4.78 is 0. The van der Waals surface area contributed by atoms with E-state index in [1.807, 2.05) is 0 Å². The smallest absolute Gasteiger partial charge is 0.246 e. The van der Waals surface area contributed by atoms with Gasteiger partial charge in [0, 0.05) is 18.5 Å². The summed E-state index contributed by atoms with van der Waals surface area (Å²) in [6, 6.07) is 5.17. The predicted octanol–water partition coefficient (Wildman–Crippen LogP) is 1.18. The van der Waals surface area contributed by atoms with Crippen molar-refractivity contribution in [2.75, 3.05) is 5.32 Å². The van der Waals surface area contributed by atoms with Crippen molar-refractivity contribution in [1.82, 2.24) is 10.6 Å². The molecule has 7 heteroatoms. The lowest BCUT2D eigenvalue weighted by atomic mass is 10.0. The average Bonchev–Trinajstić information content (AvgIpc) is 2.64. The lowest BCUT2D eigenvalue weighted by molar-refractivity contribution is -0.131. The molecule has 4 N–H and O–H groups in total. The van der Waals surface area contributed by atoms with Gasteiger partial charge < -0.3 is 21.1 Å². The van der Waals surface area contributed by atoms with Crippen LogP contribution in [0.2, 0.25) is 0 Å². The molecule has 1 aromatic carbocycles. The Hall–Kier alpha value is -2.85. The topological polar surface area (TPSA) is 108 Å². The quantitative estimate of drug-likeness (QED) is 0.488. The van der Waals surface area contributed by atoms with Crippen molar-refractivity contribution in [2.24, 2.45) is 5.92 Å². The maximum Gasteiger partial charge on any atom is 0.246 e. The molecular weight excluding hydrogens is 346 g/mol. The minimum Gasteiger partial charge on any atom is -0.392 e. The van der Waals surface area contributed by atoms with Crippen LogP contribution in [-0.4, -0.2) is 34.9 Å². The Morgan fingerprint density at radius 2 is 1.70 bits per heavy atom. The Kier molecular flexibility index (Phi) is 9.03. The number of hydrogen-bond acceptors (Lipinski definition) is 4. The van der Waals surface area contributed by atoms with E-state index in [2.05, 4.69) is 21.9 Å². The van der Waals surface area contributed by atoms with E-state index in [4.69, 9.17) is 11.5 Å². The van der Waals surface area contributed by atoms with Crippen LogP contribution in [0.15, 0.2) is 24.3 Å². The van der Waals surface area contributed by atoms with Gasteiger partial charge in [-0.15, -0.1) is 12.3 Å². The minimum atomic E-state index is -0.793. The van der Waals surface area contributed by atoms with Gasteiger partial charge in [0.25, 0.3) is 0 Å². The van der Waals surface area contributed by atoms with Crippen LogP contribution in [0.3, 0.4) is 0 Å². The second-order valence-corrected chi connectivity index (χ2v) is 6.57. The van der Waals surface area contributed by atoms with Gasteiger partial charge >= 0.3 is 0 Å². The summed E-state index contributed by atoms with van der Waals surface area (Å²) in [5.74, 6) is 1.10. The van der Waals surface area contributed by atoms with Gasteiger partial charge in [-0.3, -0.25) is 14.4 Å². The molecule has 1 aromatic rings. The van der Waals surface area contributed by atoms with E-state index in [0.29, 0.717) is 12.1 Å². The molecule has 0 fully saturated rings. The van der Waals surface area contributed by atoms with Crippen LogP contribution < -0.4 is 16.0 Å². The van der Waals surface area contributed by atoms with Gasteiger partial charge in [-0.2, -0.15) is 0 Å². The zero-order valence-corrected chi connectivity index (χ0v) is 15.9. The molecule has 3 amide bonds. The highest BCUT2D eigenvalue weighted by Crippen LogP contribution is 2.10. The van der Waals surface area contributed by atoms with E-state index in [9.17, 15) is 14.4 Å². The third kappa shape index (κ3) is 7.50. The zero-order chi connectivity index (χ0) is 20.4. The van der Waals surface area contributed by atoms with Crippen LogP contribution in [0, 0.1) is 18.3 Å².